The van der Waals surface area contributed by atoms with Gasteiger partial charge in [0.1, 0.15) is 28.0 Å². The lowest BCUT2D eigenvalue weighted by molar-refractivity contribution is 0.582. The third kappa shape index (κ3) is 3.04. The van der Waals surface area contributed by atoms with Crippen molar-refractivity contribution in [3.05, 3.63) is 65.2 Å². The first-order chi connectivity index (χ1) is 16.6. The second kappa shape index (κ2) is 7.80. The quantitative estimate of drug-likeness (QED) is 0.395. The fraction of sp³-hybridized carbons (Fsp3) is 0.217. The molecule has 170 valence electrons. The molecular formula is C23H20FN9S. The summed E-state index contributed by atoms with van der Waals surface area (Å²) in [6, 6.07) is 5.05. The van der Waals surface area contributed by atoms with E-state index in [9.17, 15) is 4.39 Å². The first-order valence-electron chi connectivity index (χ1n) is 10.8. The number of thiazole rings is 1. The van der Waals surface area contributed by atoms with E-state index in [4.69, 9.17) is 4.98 Å². The number of nitrogens with one attached hydrogen (secondary N) is 1. The molecule has 1 atom stereocenters. The summed E-state index contributed by atoms with van der Waals surface area (Å²) in [5.74, 6) is 2.40. The van der Waals surface area contributed by atoms with Crippen molar-refractivity contribution in [3.63, 3.8) is 0 Å². The molecule has 0 spiro atoms. The van der Waals surface area contributed by atoms with E-state index in [1.165, 1.54) is 11.3 Å². The van der Waals surface area contributed by atoms with Gasteiger partial charge >= 0.3 is 0 Å². The van der Waals surface area contributed by atoms with E-state index in [0.717, 1.165) is 40.0 Å². The topological polar surface area (TPSA) is 101 Å². The Balaban J connectivity index is 1.59. The molecule has 0 bridgehead atoms. The largest absolute Gasteiger partial charge is 0.314 e. The number of halogens is 1. The number of hydrogen-bond donors (Lipinski definition) is 1. The lowest BCUT2D eigenvalue weighted by Crippen LogP contribution is -2.32. The van der Waals surface area contributed by atoms with Crippen molar-refractivity contribution in [2.45, 2.75) is 33.2 Å². The third-order valence-corrected chi connectivity index (χ3v) is 6.82. The number of H-pyrrole nitrogens is 1. The Morgan fingerprint density at radius 1 is 1.15 bits per heavy atom. The zero-order chi connectivity index (χ0) is 23.4. The summed E-state index contributed by atoms with van der Waals surface area (Å²) >= 11 is 1.51. The highest BCUT2D eigenvalue weighted by molar-refractivity contribution is 7.13. The number of anilines is 2. The minimum Gasteiger partial charge on any atom is -0.314 e. The smallest absolute Gasteiger partial charge is 0.165 e. The van der Waals surface area contributed by atoms with Crippen molar-refractivity contribution >= 4 is 22.8 Å². The van der Waals surface area contributed by atoms with E-state index in [0.29, 0.717) is 22.9 Å². The SMILES string of the molecule is CC[C@H]1c2nnc(C)n2-c2cnc(-c3cn[nH]c3-c3nccs3)nc2N1c1ccc(C)c(F)c1. The minimum absolute atomic E-state index is 0.179. The molecule has 5 aromatic rings. The number of aromatic amines is 1. The maximum atomic E-state index is 14.6. The van der Waals surface area contributed by atoms with Crippen LogP contribution in [-0.4, -0.2) is 39.9 Å². The maximum absolute atomic E-state index is 14.6. The summed E-state index contributed by atoms with van der Waals surface area (Å²) in [6.45, 7) is 5.72. The van der Waals surface area contributed by atoms with Gasteiger partial charge in [0.2, 0.25) is 0 Å². The van der Waals surface area contributed by atoms with E-state index >= 15 is 0 Å². The van der Waals surface area contributed by atoms with E-state index in [-0.39, 0.29) is 11.9 Å². The van der Waals surface area contributed by atoms with E-state index in [1.807, 2.05) is 27.8 Å². The molecule has 0 saturated carbocycles. The lowest BCUT2D eigenvalue weighted by Gasteiger charge is -2.37. The van der Waals surface area contributed by atoms with Crippen LogP contribution in [-0.2, 0) is 0 Å². The summed E-state index contributed by atoms with van der Waals surface area (Å²) in [4.78, 5) is 16.1. The molecular weight excluding hydrogens is 453 g/mol. The fourth-order valence-electron chi connectivity index (χ4n) is 4.35. The highest BCUT2D eigenvalue weighted by atomic mass is 32.1. The number of hydrogen-bond acceptors (Lipinski definition) is 8. The fourth-order valence-corrected chi connectivity index (χ4v) is 5.00. The predicted molar refractivity (Wildman–Crippen MR) is 127 cm³/mol. The summed E-state index contributed by atoms with van der Waals surface area (Å²) in [6.07, 6.45) is 5.93. The molecule has 0 amide bonds. The number of aromatic nitrogens is 8. The van der Waals surface area contributed by atoms with Gasteiger partial charge in [0.15, 0.2) is 17.5 Å². The number of benzene rings is 1. The van der Waals surface area contributed by atoms with Crippen LogP contribution in [0.4, 0.5) is 15.9 Å². The molecule has 1 aliphatic rings. The Hall–Kier alpha value is -3.99. The van der Waals surface area contributed by atoms with Gasteiger partial charge in [-0.05, 0) is 38.0 Å². The van der Waals surface area contributed by atoms with Crippen molar-refractivity contribution < 1.29 is 4.39 Å². The van der Waals surface area contributed by atoms with Crippen LogP contribution in [0, 0.1) is 19.7 Å². The van der Waals surface area contributed by atoms with Crippen molar-refractivity contribution in [3.8, 4) is 27.8 Å². The van der Waals surface area contributed by atoms with Crippen molar-refractivity contribution in [2.75, 3.05) is 4.90 Å². The summed E-state index contributed by atoms with van der Waals surface area (Å²) in [5, 5.41) is 18.7. The Bertz CT molecular complexity index is 1500. The maximum Gasteiger partial charge on any atom is 0.165 e. The van der Waals surface area contributed by atoms with Crippen LogP contribution in [0.15, 0.2) is 42.2 Å². The molecule has 0 radical (unpaired) electrons. The number of aryl methyl sites for hydroxylation is 2. The van der Waals surface area contributed by atoms with Crippen LogP contribution in [0.5, 0.6) is 0 Å². The molecule has 4 aromatic heterocycles. The molecule has 9 nitrogen and oxygen atoms in total. The molecule has 5 heterocycles. The van der Waals surface area contributed by atoms with Crippen molar-refractivity contribution in [1.29, 1.82) is 0 Å². The first kappa shape index (κ1) is 20.6. The second-order valence-electron chi connectivity index (χ2n) is 8.07. The molecule has 11 heteroatoms. The highest BCUT2D eigenvalue weighted by Crippen LogP contribution is 2.44. The van der Waals surface area contributed by atoms with Gasteiger partial charge in [0, 0.05) is 17.3 Å². The van der Waals surface area contributed by atoms with E-state index in [2.05, 4.69) is 37.3 Å². The molecule has 34 heavy (non-hydrogen) atoms. The number of rotatable bonds is 4. The van der Waals surface area contributed by atoms with Crippen LogP contribution < -0.4 is 4.90 Å². The van der Waals surface area contributed by atoms with Gasteiger partial charge in [-0.15, -0.1) is 21.5 Å². The Kier molecular flexibility index (Phi) is 4.73. The highest BCUT2D eigenvalue weighted by Gasteiger charge is 2.36. The van der Waals surface area contributed by atoms with Gasteiger partial charge in [-0.1, -0.05) is 13.0 Å². The van der Waals surface area contributed by atoms with Gasteiger partial charge in [0.25, 0.3) is 0 Å². The summed E-state index contributed by atoms with van der Waals surface area (Å²) in [5.41, 5.74) is 3.52. The molecule has 1 N–H and O–H groups in total. The van der Waals surface area contributed by atoms with Crippen LogP contribution >= 0.6 is 11.3 Å². The average Bonchev–Trinajstić information content (AvgIpc) is 3.60. The Labute approximate surface area is 198 Å². The Morgan fingerprint density at radius 2 is 2.03 bits per heavy atom. The molecule has 0 aliphatic carbocycles. The molecule has 1 aliphatic heterocycles. The molecule has 6 rings (SSSR count). The normalized spacial score (nSPS) is 14.8. The van der Waals surface area contributed by atoms with Crippen LogP contribution in [0.3, 0.4) is 0 Å². The molecule has 0 unspecified atom stereocenters. The van der Waals surface area contributed by atoms with Crippen LogP contribution in [0.2, 0.25) is 0 Å². The first-order valence-corrected chi connectivity index (χ1v) is 11.7. The summed E-state index contributed by atoms with van der Waals surface area (Å²) < 4.78 is 16.6. The molecule has 0 fully saturated rings. The molecule has 0 saturated heterocycles. The Morgan fingerprint density at radius 3 is 2.79 bits per heavy atom. The van der Waals surface area contributed by atoms with Gasteiger partial charge in [-0.3, -0.25) is 9.67 Å². The van der Waals surface area contributed by atoms with Crippen LogP contribution in [0.25, 0.3) is 27.8 Å². The van der Waals surface area contributed by atoms with E-state index in [1.54, 1.807) is 37.6 Å². The van der Waals surface area contributed by atoms with Gasteiger partial charge in [0.05, 0.1) is 24.0 Å². The monoisotopic (exact) mass is 473 g/mol. The average molecular weight is 474 g/mol. The van der Waals surface area contributed by atoms with Crippen molar-refractivity contribution in [2.24, 2.45) is 0 Å². The number of nitrogens with zero attached hydrogens (tertiary/aromatic N) is 8. The molecule has 1 aromatic carbocycles. The zero-order valence-electron chi connectivity index (χ0n) is 18.7. The van der Waals surface area contributed by atoms with Gasteiger partial charge in [-0.25, -0.2) is 19.3 Å². The third-order valence-electron chi connectivity index (χ3n) is 6.03. The summed E-state index contributed by atoms with van der Waals surface area (Å²) in [7, 11) is 0. The van der Waals surface area contributed by atoms with Gasteiger partial charge < -0.3 is 4.90 Å². The standard InChI is InChI=1S/C23H20FN9S/c1-4-17-22-31-29-13(3)32(22)18-11-26-20(15-10-27-30-19(15)23-25-7-8-34-23)28-21(18)33(17)14-6-5-12(2)16(24)9-14/h5-11,17H,4H2,1-3H3,(H,27,30)/t17-/m0/s1. The zero-order valence-corrected chi connectivity index (χ0v) is 19.5. The second-order valence-corrected chi connectivity index (χ2v) is 8.96. The minimum atomic E-state index is -0.271. The van der Waals surface area contributed by atoms with Crippen molar-refractivity contribution in [1.82, 2.24) is 39.9 Å². The van der Waals surface area contributed by atoms with Crippen LogP contribution in [0.1, 0.15) is 36.6 Å². The van der Waals surface area contributed by atoms with Gasteiger partial charge in [-0.2, -0.15) is 5.10 Å². The van der Waals surface area contributed by atoms with E-state index < -0.39 is 0 Å². The number of fused-ring (bicyclic) bond motifs is 3. The predicted octanol–water partition coefficient (Wildman–Crippen LogP) is 4.93. The lowest BCUT2D eigenvalue weighted by atomic mass is 10.1.